The first-order valence-electron chi connectivity index (χ1n) is 8.49. The van der Waals surface area contributed by atoms with Crippen molar-refractivity contribution in [3.63, 3.8) is 0 Å². The number of rotatable bonds is 3. The van der Waals surface area contributed by atoms with Crippen LogP contribution in [0.2, 0.25) is 0 Å². The van der Waals surface area contributed by atoms with E-state index in [0.717, 1.165) is 21.7 Å². The molecule has 0 amide bonds. The van der Waals surface area contributed by atoms with Crippen LogP contribution in [0.1, 0.15) is 22.9 Å². The van der Waals surface area contributed by atoms with Gasteiger partial charge in [0.1, 0.15) is 12.1 Å². The molecule has 0 N–H and O–H groups in total. The minimum Gasteiger partial charge on any atom is -0.468 e. The molecule has 2 bridgehead atoms. The normalized spacial score (nSPS) is 22.7. The summed E-state index contributed by atoms with van der Waals surface area (Å²) in [6.07, 6.45) is -0.437. The molecule has 1 unspecified atom stereocenters. The zero-order valence-electron chi connectivity index (χ0n) is 15.0. The molecule has 0 saturated carbocycles. The van der Waals surface area contributed by atoms with Crippen molar-refractivity contribution >= 4 is 34.5 Å². The van der Waals surface area contributed by atoms with E-state index in [2.05, 4.69) is 6.58 Å². The van der Waals surface area contributed by atoms with Gasteiger partial charge in [0, 0.05) is 16.9 Å². The van der Waals surface area contributed by atoms with Gasteiger partial charge < -0.3 is 9.47 Å². The van der Waals surface area contributed by atoms with Crippen LogP contribution in [0.5, 0.6) is 0 Å². The number of methoxy groups -OCH3 is 2. The predicted octanol–water partition coefficient (Wildman–Crippen LogP) is 3.36. The second-order valence-corrected chi connectivity index (χ2v) is 7.52. The number of carbonyl (C=O) groups excluding carboxylic acids is 2. The van der Waals surface area contributed by atoms with Crippen molar-refractivity contribution in [1.82, 2.24) is 0 Å². The Bertz CT molecular complexity index is 891. The molecule has 140 valence electrons. The number of hydroxylamine groups is 1. The van der Waals surface area contributed by atoms with Crippen LogP contribution in [0.4, 0.5) is 5.69 Å². The highest BCUT2D eigenvalue weighted by Crippen LogP contribution is 2.56. The molecule has 0 aliphatic carbocycles. The molecule has 4 rings (SSSR count). The highest BCUT2D eigenvalue weighted by molar-refractivity contribution is 7.10. The summed E-state index contributed by atoms with van der Waals surface area (Å²) in [7, 11) is 2.56. The van der Waals surface area contributed by atoms with Gasteiger partial charge in [0.15, 0.2) is 5.41 Å². The predicted molar refractivity (Wildman–Crippen MR) is 101 cm³/mol. The largest absolute Gasteiger partial charge is 0.468 e. The number of hydrogen-bond acceptors (Lipinski definition) is 7. The first-order chi connectivity index (χ1) is 13.0. The molecule has 1 aromatic carbocycles. The lowest BCUT2D eigenvalue weighted by atomic mass is 9.70. The third-order valence-electron chi connectivity index (χ3n) is 5.24. The molecular weight excluding hydrogens is 366 g/mol. The van der Waals surface area contributed by atoms with E-state index in [9.17, 15) is 9.59 Å². The number of anilines is 1. The topological polar surface area (TPSA) is 65.1 Å². The Kier molecular flexibility index (Phi) is 4.28. The van der Waals surface area contributed by atoms with Gasteiger partial charge in [-0.15, -0.1) is 11.3 Å². The third kappa shape index (κ3) is 2.42. The van der Waals surface area contributed by atoms with E-state index in [1.807, 2.05) is 41.8 Å². The van der Waals surface area contributed by atoms with Crippen LogP contribution >= 0.6 is 11.3 Å². The van der Waals surface area contributed by atoms with Crippen LogP contribution in [0, 0.1) is 5.41 Å². The first kappa shape index (κ1) is 17.8. The van der Waals surface area contributed by atoms with Crippen LogP contribution in [0.3, 0.4) is 0 Å². The Morgan fingerprint density at radius 3 is 2.52 bits per heavy atom. The van der Waals surface area contributed by atoms with Crippen molar-refractivity contribution < 1.29 is 23.9 Å². The summed E-state index contributed by atoms with van der Waals surface area (Å²) in [4.78, 5) is 33.0. The number of nitrogens with zero attached hydrogens (tertiary/aromatic N) is 1. The number of benzene rings is 1. The molecule has 2 aliphatic heterocycles. The maximum Gasteiger partial charge on any atom is 0.326 e. The number of esters is 2. The van der Waals surface area contributed by atoms with Crippen molar-refractivity contribution in [1.29, 1.82) is 0 Å². The van der Waals surface area contributed by atoms with Crippen LogP contribution < -0.4 is 5.06 Å². The standard InChI is InChI=1S/C20H19NO5S/c1-12-13-7-4-5-8-14(13)21-17(16-9-6-10-27-16)20(18(22)24-2,19(23)25-3)11-15(12)26-21/h4-10,15,17H,1,11H2,2-3H3/t15?,17-/m1/s1. The number of ether oxygens (including phenoxy) is 2. The Morgan fingerprint density at radius 1 is 1.19 bits per heavy atom. The number of carbonyl (C=O) groups is 2. The molecule has 2 atom stereocenters. The van der Waals surface area contributed by atoms with E-state index < -0.39 is 29.5 Å². The fraction of sp³-hybridized carbons (Fsp3) is 0.300. The molecule has 0 spiro atoms. The molecular formula is C20H19NO5S. The second-order valence-electron chi connectivity index (χ2n) is 6.54. The minimum atomic E-state index is -1.56. The maximum atomic E-state index is 13.0. The van der Waals surface area contributed by atoms with E-state index in [-0.39, 0.29) is 6.42 Å². The molecule has 1 fully saturated rings. The molecule has 27 heavy (non-hydrogen) atoms. The number of para-hydroxylation sites is 1. The minimum absolute atomic E-state index is 0.0958. The van der Waals surface area contributed by atoms with E-state index in [1.165, 1.54) is 25.6 Å². The summed E-state index contributed by atoms with van der Waals surface area (Å²) in [5, 5.41) is 3.55. The lowest BCUT2D eigenvalue weighted by Gasteiger charge is -2.51. The average Bonchev–Trinajstić information content (AvgIpc) is 3.24. The van der Waals surface area contributed by atoms with Crippen molar-refractivity contribution in [2.24, 2.45) is 5.41 Å². The van der Waals surface area contributed by atoms with E-state index >= 15 is 0 Å². The van der Waals surface area contributed by atoms with Gasteiger partial charge in [0.05, 0.1) is 19.9 Å². The Morgan fingerprint density at radius 2 is 1.89 bits per heavy atom. The summed E-state index contributed by atoms with van der Waals surface area (Å²) in [6, 6.07) is 10.7. The molecule has 0 radical (unpaired) electrons. The molecule has 2 aromatic rings. The van der Waals surface area contributed by atoms with Crippen LogP contribution in [-0.2, 0) is 23.9 Å². The van der Waals surface area contributed by atoms with Gasteiger partial charge in [0.25, 0.3) is 0 Å². The van der Waals surface area contributed by atoms with Crippen LogP contribution in [-0.4, -0.2) is 32.3 Å². The van der Waals surface area contributed by atoms with E-state index in [1.54, 1.807) is 5.06 Å². The van der Waals surface area contributed by atoms with Crippen LogP contribution in [0.25, 0.3) is 5.57 Å². The zero-order valence-corrected chi connectivity index (χ0v) is 15.8. The summed E-state index contributed by atoms with van der Waals surface area (Å²) >= 11 is 1.45. The first-order valence-corrected chi connectivity index (χ1v) is 9.37. The molecule has 2 aliphatic rings. The van der Waals surface area contributed by atoms with Gasteiger partial charge in [-0.05, 0) is 23.1 Å². The molecule has 1 saturated heterocycles. The number of fused-ring (bicyclic) bond motifs is 4. The average molecular weight is 385 g/mol. The maximum absolute atomic E-state index is 13.0. The Labute approximate surface area is 160 Å². The molecule has 3 heterocycles. The Hall–Kier alpha value is -2.64. The van der Waals surface area contributed by atoms with Gasteiger partial charge in [0.2, 0.25) is 0 Å². The van der Waals surface area contributed by atoms with Gasteiger partial charge in [-0.2, -0.15) is 0 Å². The quantitative estimate of drug-likeness (QED) is 0.596. The monoisotopic (exact) mass is 385 g/mol. The second kappa shape index (κ2) is 6.51. The van der Waals surface area contributed by atoms with Crippen molar-refractivity contribution in [3.05, 3.63) is 58.8 Å². The third-order valence-corrected chi connectivity index (χ3v) is 6.16. The summed E-state index contributed by atoms with van der Waals surface area (Å²) in [5.41, 5.74) is 0.865. The Balaban J connectivity index is 1.99. The fourth-order valence-corrected chi connectivity index (χ4v) is 4.87. The smallest absolute Gasteiger partial charge is 0.326 e. The van der Waals surface area contributed by atoms with Crippen molar-refractivity contribution in [2.75, 3.05) is 19.3 Å². The summed E-state index contributed by atoms with van der Waals surface area (Å²) in [6.45, 7) is 4.15. The van der Waals surface area contributed by atoms with Gasteiger partial charge >= 0.3 is 11.9 Å². The van der Waals surface area contributed by atoms with Crippen molar-refractivity contribution in [3.8, 4) is 0 Å². The molecule has 1 aromatic heterocycles. The van der Waals surface area contributed by atoms with Gasteiger partial charge in [-0.1, -0.05) is 30.8 Å². The van der Waals surface area contributed by atoms with Crippen molar-refractivity contribution in [2.45, 2.75) is 18.6 Å². The lowest BCUT2D eigenvalue weighted by molar-refractivity contribution is -0.183. The summed E-state index contributed by atoms with van der Waals surface area (Å²) < 4.78 is 10.2. The number of thiophene rings is 1. The van der Waals surface area contributed by atoms with Gasteiger partial charge in [-0.25, -0.2) is 5.06 Å². The molecule has 6 nitrogen and oxygen atoms in total. The van der Waals surface area contributed by atoms with Gasteiger partial charge in [-0.3, -0.25) is 14.4 Å². The zero-order chi connectivity index (χ0) is 19.2. The highest BCUT2D eigenvalue weighted by Gasteiger charge is 2.63. The highest BCUT2D eigenvalue weighted by atomic mass is 32.1. The van der Waals surface area contributed by atoms with E-state index in [4.69, 9.17) is 14.3 Å². The van der Waals surface area contributed by atoms with Crippen LogP contribution in [0.15, 0.2) is 48.4 Å². The number of hydrogen-bond donors (Lipinski definition) is 0. The lowest BCUT2D eigenvalue weighted by Crippen LogP contribution is -2.59. The molecule has 7 heteroatoms. The summed E-state index contributed by atoms with van der Waals surface area (Å²) in [5.74, 6) is -1.28. The fourth-order valence-electron chi connectivity index (χ4n) is 3.98. The SMILES string of the molecule is C=C1c2ccccc2N2OC1CC(C(=O)OC)(C(=O)OC)[C@H]2c1cccs1. The van der Waals surface area contributed by atoms with E-state index in [0.29, 0.717) is 0 Å².